The molecule has 0 saturated heterocycles. The molecule has 0 aromatic heterocycles. The Balaban J connectivity index is 1.51. The van der Waals surface area contributed by atoms with Gasteiger partial charge in [-0.25, -0.2) is 0 Å². The second-order valence-electron chi connectivity index (χ2n) is 8.70. The zero-order chi connectivity index (χ0) is 22.4. The van der Waals surface area contributed by atoms with Crippen LogP contribution in [0.5, 0.6) is 0 Å². The highest BCUT2D eigenvalue weighted by Gasteiger charge is 2.27. The average molecular weight is 445 g/mol. The monoisotopic (exact) mass is 444 g/mol. The van der Waals surface area contributed by atoms with Crippen molar-refractivity contribution >= 4 is 17.5 Å². The lowest BCUT2D eigenvalue weighted by molar-refractivity contribution is 0.0648. The molecule has 2 N–H and O–H groups in total. The molecule has 3 rings (SSSR count). The molecule has 31 heavy (non-hydrogen) atoms. The lowest BCUT2D eigenvalue weighted by Gasteiger charge is -2.35. The molecule has 2 aromatic rings. The topological polar surface area (TPSA) is 64.0 Å². The Bertz CT molecular complexity index is 833. The fourth-order valence-electron chi connectivity index (χ4n) is 4.45. The van der Waals surface area contributed by atoms with E-state index in [9.17, 15) is 9.90 Å². The molecule has 1 atom stereocenters. The molecule has 0 aliphatic heterocycles. The van der Waals surface area contributed by atoms with Crippen LogP contribution in [0.2, 0.25) is 5.02 Å². The number of aliphatic hydroxyl groups is 2. The van der Waals surface area contributed by atoms with Gasteiger partial charge in [0.1, 0.15) is 0 Å². The molecule has 1 amide bonds. The van der Waals surface area contributed by atoms with Gasteiger partial charge in [0.15, 0.2) is 0 Å². The molecule has 1 saturated carbocycles. The first-order chi connectivity index (χ1) is 14.9. The van der Waals surface area contributed by atoms with Gasteiger partial charge in [-0.3, -0.25) is 9.69 Å². The average Bonchev–Trinajstić information content (AvgIpc) is 2.79. The zero-order valence-corrected chi connectivity index (χ0v) is 19.1. The van der Waals surface area contributed by atoms with E-state index in [1.54, 1.807) is 24.3 Å². The maximum absolute atomic E-state index is 12.8. The van der Waals surface area contributed by atoms with Crippen molar-refractivity contribution in [1.82, 2.24) is 9.80 Å². The van der Waals surface area contributed by atoms with Gasteiger partial charge in [-0.2, -0.15) is 0 Å². The Morgan fingerprint density at radius 2 is 1.65 bits per heavy atom. The van der Waals surface area contributed by atoms with Gasteiger partial charge < -0.3 is 15.1 Å². The van der Waals surface area contributed by atoms with Gasteiger partial charge in [-0.05, 0) is 74.0 Å². The maximum Gasteiger partial charge on any atom is 0.253 e. The third kappa shape index (κ3) is 6.53. The SMILES string of the molecule is CN(Cc1ccc(C2CCC(N(C)C(=O)c3ccc(Cl)cc3)CC2)cc1)C[C@H](O)CO. The van der Waals surface area contributed by atoms with Crippen LogP contribution in [0.25, 0.3) is 0 Å². The molecular formula is C25H33ClN2O3. The van der Waals surface area contributed by atoms with Crippen LogP contribution in [0.1, 0.15) is 53.1 Å². The van der Waals surface area contributed by atoms with Crippen LogP contribution in [0.15, 0.2) is 48.5 Å². The predicted molar refractivity (Wildman–Crippen MR) is 124 cm³/mol. The summed E-state index contributed by atoms with van der Waals surface area (Å²) in [5.41, 5.74) is 3.23. The van der Waals surface area contributed by atoms with Gasteiger partial charge >= 0.3 is 0 Å². The summed E-state index contributed by atoms with van der Waals surface area (Å²) in [4.78, 5) is 16.7. The van der Waals surface area contributed by atoms with Crippen LogP contribution < -0.4 is 0 Å². The normalized spacial score (nSPS) is 19.9. The van der Waals surface area contributed by atoms with Gasteiger partial charge in [0.05, 0.1) is 12.7 Å². The number of rotatable bonds is 8. The Hall–Kier alpha value is -1.92. The van der Waals surface area contributed by atoms with Crippen molar-refractivity contribution in [1.29, 1.82) is 0 Å². The van der Waals surface area contributed by atoms with Gasteiger partial charge in [0.25, 0.3) is 5.91 Å². The molecule has 5 nitrogen and oxygen atoms in total. The maximum atomic E-state index is 12.8. The minimum absolute atomic E-state index is 0.0555. The second kappa shape index (κ2) is 11.1. The largest absolute Gasteiger partial charge is 0.394 e. The third-order valence-corrected chi connectivity index (χ3v) is 6.54. The summed E-state index contributed by atoms with van der Waals surface area (Å²) < 4.78 is 0. The van der Waals surface area contributed by atoms with Crippen molar-refractivity contribution in [3.63, 3.8) is 0 Å². The molecule has 0 radical (unpaired) electrons. The summed E-state index contributed by atoms with van der Waals surface area (Å²) in [6.07, 6.45) is 3.45. The van der Waals surface area contributed by atoms with E-state index in [-0.39, 0.29) is 18.6 Å². The number of amides is 1. The Morgan fingerprint density at radius 1 is 1.03 bits per heavy atom. The number of carbonyl (C=O) groups is 1. The highest BCUT2D eigenvalue weighted by molar-refractivity contribution is 6.30. The van der Waals surface area contributed by atoms with Crippen LogP contribution in [0, 0.1) is 0 Å². The van der Waals surface area contributed by atoms with E-state index in [4.69, 9.17) is 16.7 Å². The number of likely N-dealkylation sites (N-methyl/N-ethyl adjacent to an activating group) is 1. The molecule has 1 fully saturated rings. The van der Waals surface area contributed by atoms with Crippen molar-refractivity contribution in [2.24, 2.45) is 0 Å². The van der Waals surface area contributed by atoms with E-state index in [2.05, 4.69) is 24.3 Å². The number of hydrogen-bond donors (Lipinski definition) is 2. The van der Waals surface area contributed by atoms with Crippen molar-refractivity contribution in [3.05, 3.63) is 70.2 Å². The van der Waals surface area contributed by atoms with Gasteiger partial charge in [0.2, 0.25) is 0 Å². The predicted octanol–water partition coefficient (Wildman–Crippen LogP) is 3.92. The zero-order valence-electron chi connectivity index (χ0n) is 18.4. The van der Waals surface area contributed by atoms with E-state index in [1.165, 1.54) is 11.1 Å². The number of hydrogen-bond acceptors (Lipinski definition) is 4. The van der Waals surface area contributed by atoms with Crippen LogP contribution in [-0.4, -0.2) is 65.3 Å². The molecule has 0 unspecified atom stereocenters. The lowest BCUT2D eigenvalue weighted by Crippen LogP contribution is -2.39. The minimum Gasteiger partial charge on any atom is -0.394 e. The van der Waals surface area contributed by atoms with Crippen LogP contribution in [0.3, 0.4) is 0 Å². The number of aliphatic hydroxyl groups excluding tert-OH is 2. The molecule has 168 valence electrons. The fraction of sp³-hybridized carbons (Fsp3) is 0.480. The summed E-state index contributed by atoms with van der Waals surface area (Å²) in [6.45, 7) is 0.971. The van der Waals surface area contributed by atoms with Gasteiger partial charge in [0, 0.05) is 36.8 Å². The summed E-state index contributed by atoms with van der Waals surface area (Å²) in [6, 6.07) is 16.1. The van der Waals surface area contributed by atoms with Crippen molar-refractivity contribution in [3.8, 4) is 0 Å². The van der Waals surface area contributed by atoms with Crippen molar-refractivity contribution < 1.29 is 15.0 Å². The highest BCUT2D eigenvalue weighted by atomic mass is 35.5. The smallest absolute Gasteiger partial charge is 0.253 e. The lowest BCUT2D eigenvalue weighted by atomic mass is 9.81. The Morgan fingerprint density at radius 3 is 2.23 bits per heavy atom. The van der Waals surface area contributed by atoms with E-state index in [0.29, 0.717) is 23.0 Å². The molecule has 0 heterocycles. The third-order valence-electron chi connectivity index (χ3n) is 6.29. The summed E-state index contributed by atoms with van der Waals surface area (Å²) >= 11 is 5.93. The molecule has 2 aromatic carbocycles. The first-order valence-corrected chi connectivity index (χ1v) is 11.3. The van der Waals surface area contributed by atoms with Crippen molar-refractivity contribution in [2.45, 2.75) is 50.3 Å². The Kier molecular flexibility index (Phi) is 8.50. The van der Waals surface area contributed by atoms with Crippen molar-refractivity contribution in [2.75, 3.05) is 27.2 Å². The van der Waals surface area contributed by atoms with Gasteiger partial charge in [-0.1, -0.05) is 35.9 Å². The molecule has 1 aliphatic carbocycles. The number of nitrogens with zero attached hydrogens (tertiary/aromatic N) is 2. The molecule has 1 aliphatic rings. The molecule has 0 bridgehead atoms. The second-order valence-corrected chi connectivity index (χ2v) is 9.14. The van der Waals surface area contributed by atoms with E-state index in [1.807, 2.05) is 23.9 Å². The standard InChI is InChI=1S/C25H33ClN2O3/c1-27(16-24(30)17-29)15-18-3-5-19(6-4-18)20-9-13-23(14-10-20)28(2)25(31)21-7-11-22(26)12-8-21/h3-8,11-12,20,23-24,29-30H,9-10,13-17H2,1-2H3/t20?,23?,24-/m0/s1. The summed E-state index contributed by atoms with van der Waals surface area (Å²) in [7, 11) is 3.84. The van der Waals surface area contributed by atoms with Crippen LogP contribution in [-0.2, 0) is 6.54 Å². The van der Waals surface area contributed by atoms with Gasteiger partial charge in [-0.15, -0.1) is 0 Å². The minimum atomic E-state index is -0.704. The first kappa shape index (κ1) is 23.7. The quantitative estimate of drug-likeness (QED) is 0.647. The van der Waals surface area contributed by atoms with E-state index in [0.717, 1.165) is 32.2 Å². The highest BCUT2D eigenvalue weighted by Crippen LogP contribution is 2.35. The first-order valence-electron chi connectivity index (χ1n) is 11.0. The van der Waals surface area contributed by atoms with Crippen LogP contribution in [0.4, 0.5) is 0 Å². The summed E-state index contributed by atoms with van der Waals surface area (Å²) in [5.74, 6) is 0.582. The van der Waals surface area contributed by atoms with Crippen LogP contribution >= 0.6 is 11.6 Å². The van der Waals surface area contributed by atoms with E-state index < -0.39 is 6.10 Å². The van der Waals surface area contributed by atoms with E-state index >= 15 is 0 Å². The number of benzene rings is 2. The number of carbonyl (C=O) groups excluding carboxylic acids is 1. The molecular weight excluding hydrogens is 412 g/mol. The molecule has 6 heteroatoms. The number of halogens is 1. The fourth-order valence-corrected chi connectivity index (χ4v) is 4.57. The Labute approximate surface area is 190 Å². The summed E-state index contributed by atoms with van der Waals surface area (Å²) in [5, 5.41) is 19.2. The molecule has 0 spiro atoms.